The Morgan fingerprint density at radius 2 is 1.64 bits per heavy atom. The fourth-order valence-electron chi connectivity index (χ4n) is 3.39. The molecule has 0 heterocycles. The van der Waals surface area contributed by atoms with Crippen LogP contribution in [0.25, 0.3) is 0 Å². The van der Waals surface area contributed by atoms with E-state index in [9.17, 15) is 0 Å². The van der Waals surface area contributed by atoms with Crippen molar-refractivity contribution in [3.8, 4) is 5.75 Å². The van der Waals surface area contributed by atoms with Crippen LogP contribution in [0.2, 0.25) is 0 Å². The van der Waals surface area contributed by atoms with Crippen molar-refractivity contribution in [1.82, 2.24) is 0 Å². The third-order valence-electron chi connectivity index (χ3n) is 4.49. The van der Waals surface area contributed by atoms with Crippen LogP contribution in [0, 0.1) is 0 Å². The van der Waals surface area contributed by atoms with Crippen LogP contribution < -0.4 is 15.4 Å². The first-order chi connectivity index (χ1) is 10.8. The Balaban J connectivity index is 2.06. The maximum absolute atomic E-state index is 6.46. The van der Waals surface area contributed by atoms with Gasteiger partial charge in [-0.3, -0.25) is 0 Å². The van der Waals surface area contributed by atoms with Gasteiger partial charge >= 0.3 is 0 Å². The predicted octanol–water partition coefficient (Wildman–Crippen LogP) is 4.10. The first-order valence-electron chi connectivity index (χ1n) is 8.04. The van der Waals surface area contributed by atoms with Crippen LogP contribution in [0.4, 0.5) is 11.4 Å². The quantitative estimate of drug-likeness (QED) is 0.923. The summed E-state index contributed by atoms with van der Waals surface area (Å²) in [6.45, 7) is 0. The van der Waals surface area contributed by atoms with Crippen LogP contribution >= 0.6 is 0 Å². The van der Waals surface area contributed by atoms with Crippen molar-refractivity contribution in [2.24, 2.45) is 5.73 Å². The molecule has 3 heteroatoms. The molecule has 2 aromatic carbocycles. The third-order valence-corrected chi connectivity index (χ3v) is 4.49. The van der Waals surface area contributed by atoms with Crippen LogP contribution in [-0.4, -0.2) is 19.2 Å². The van der Waals surface area contributed by atoms with E-state index < -0.39 is 0 Å². The van der Waals surface area contributed by atoms with E-state index in [-0.39, 0.29) is 6.04 Å². The average Bonchev–Trinajstić information content (AvgIpc) is 2.58. The van der Waals surface area contributed by atoms with Gasteiger partial charge in [-0.15, -0.1) is 0 Å². The Morgan fingerprint density at radius 1 is 0.955 bits per heavy atom. The van der Waals surface area contributed by atoms with Gasteiger partial charge in [0.1, 0.15) is 5.75 Å². The first-order valence-corrected chi connectivity index (χ1v) is 8.04. The molecule has 1 saturated carbocycles. The number of benzene rings is 2. The normalized spacial score (nSPS) is 21.4. The minimum Gasteiger partial charge on any atom is -0.495 e. The van der Waals surface area contributed by atoms with Crippen LogP contribution in [0.5, 0.6) is 5.75 Å². The number of hydrogen-bond donors (Lipinski definition) is 1. The molecule has 1 aliphatic rings. The average molecular weight is 296 g/mol. The molecular formula is C19H24N2O. The standard InChI is InChI=1S/C19H24N2O/c1-22-19-14-8-7-13-18(19)21(15-9-3-2-4-10-15)17-12-6-5-11-16(17)20/h2-4,7-10,13-14,16-17H,5-6,11-12,20H2,1H3/t16-,17-/m0/s1. The molecule has 1 aliphatic carbocycles. The van der Waals surface area contributed by atoms with Crippen molar-refractivity contribution in [3.05, 3.63) is 54.6 Å². The lowest BCUT2D eigenvalue weighted by molar-refractivity contribution is 0.374. The minimum atomic E-state index is 0.193. The van der Waals surface area contributed by atoms with Gasteiger partial charge in [-0.1, -0.05) is 43.2 Å². The number of anilines is 2. The second kappa shape index (κ2) is 6.84. The smallest absolute Gasteiger partial charge is 0.142 e. The van der Waals surface area contributed by atoms with Crippen LogP contribution in [0.15, 0.2) is 54.6 Å². The van der Waals surface area contributed by atoms with Gasteiger partial charge in [-0.2, -0.15) is 0 Å². The largest absolute Gasteiger partial charge is 0.495 e. The summed E-state index contributed by atoms with van der Waals surface area (Å²) in [6, 6.07) is 19.2. The van der Waals surface area contributed by atoms with Gasteiger partial charge in [0, 0.05) is 17.8 Å². The van der Waals surface area contributed by atoms with Gasteiger partial charge in [0.2, 0.25) is 0 Å². The molecule has 0 aromatic heterocycles. The molecule has 0 bridgehead atoms. The third kappa shape index (κ3) is 2.95. The second-order valence-corrected chi connectivity index (χ2v) is 5.89. The van der Waals surface area contributed by atoms with Gasteiger partial charge in [0.25, 0.3) is 0 Å². The summed E-state index contributed by atoms with van der Waals surface area (Å²) in [5, 5.41) is 0. The SMILES string of the molecule is COc1ccccc1N(c1ccccc1)[C@H]1CCCC[C@@H]1N. The van der Waals surface area contributed by atoms with Crippen molar-refractivity contribution in [1.29, 1.82) is 0 Å². The van der Waals surface area contributed by atoms with Gasteiger partial charge in [-0.25, -0.2) is 0 Å². The molecule has 1 fully saturated rings. The number of nitrogens with two attached hydrogens (primary N) is 1. The minimum absolute atomic E-state index is 0.193. The van der Waals surface area contributed by atoms with Crippen LogP contribution in [0.3, 0.4) is 0 Å². The molecule has 116 valence electrons. The lowest BCUT2D eigenvalue weighted by atomic mass is 9.89. The molecule has 3 nitrogen and oxygen atoms in total. The Hall–Kier alpha value is -2.00. The summed E-state index contributed by atoms with van der Waals surface area (Å²) >= 11 is 0. The topological polar surface area (TPSA) is 38.5 Å². The summed E-state index contributed by atoms with van der Waals surface area (Å²) in [4.78, 5) is 2.36. The van der Waals surface area contributed by atoms with E-state index in [4.69, 9.17) is 10.5 Å². The fourth-order valence-corrected chi connectivity index (χ4v) is 3.39. The molecular weight excluding hydrogens is 272 g/mol. The number of methoxy groups -OCH3 is 1. The Morgan fingerprint density at radius 3 is 2.36 bits per heavy atom. The van der Waals surface area contributed by atoms with Crippen molar-refractivity contribution < 1.29 is 4.74 Å². The van der Waals surface area contributed by atoms with E-state index in [0.717, 1.165) is 24.3 Å². The summed E-state index contributed by atoms with van der Waals surface area (Å²) < 4.78 is 5.59. The molecule has 0 amide bonds. The zero-order chi connectivity index (χ0) is 15.4. The number of nitrogens with zero attached hydrogens (tertiary/aromatic N) is 1. The highest BCUT2D eigenvalue weighted by Crippen LogP contribution is 2.38. The number of rotatable bonds is 4. The summed E-state index contributed by atoms with van der Waals surface area (Å²) in [7, 11) is 1.73. The van der Waals surface area contributed by atoms with E-state index in [2.05, 4.69) is 41.3 Å². The molecule has 2 aromatic rings. The zero-order valence-electron chi connectivity index (χ0n) is 13.1. The second-order valence-electron chi connectivity index (χ2n) is 5.89. The molecule has 0 saturated heterocycles. The highest BCUT2D eigenvalue weighted by Gasteiger charge is 2.30. The number of ether oxygens (including phenoxy) is 1. The maximum atomic E-state index is 6.46. The van der Waals surface area contributed by atoms with Gasteiger partial charge in [0.15, 0.2) is 0 Å². The van der Waals surface area contributed by atoms with Crippen LogP contribution in [0.1, 0.15) is 25.7 Å². The summed E-state index contributed by atoms with van der Waals surface area (Å²) in [5.74, 6) is 0.893. The van der Waals surface area contributed by atoms with Crippen molar-refractivity contribution >= 4 is 11.4 Å². The van der Waals surface area contributed by atoms with Crippen molar-refractivity contribution in [3.63, 3.8) is 0 Å². The lowest BCUT2D eigenvalue weighted by Gasteiger charge is -2.40. The van der Waals surface area contributed by atoms with Crippen LogP contribution in [-0.2, 0) is 0 Å². The van der Waals surface area contributed by atoms with Crippen molar-refractivity contribution in [2.75, 3.05) is 12.0 Å². The fraction of sp³-hybridized carbons (Fsp3) is 0.368. The first kappa shape index (κ1) is 14.9. The molecule has 0 aliphatic heterocycles. The number of hydrogen-bond acceptors (Lipinski definition) is 3. The van der Waals surface area contributed by atoms with Crippen molar-refractivity contribution in [2.45, 2.75) is 37.8 Å². The molecule has 2 N–H and O–H groups in total. The summed E-state index contributed by atoms with van der Waals surface area (Å²) in [5.41, 5.74) is 8.73. The lowest BCUT2D eigenvalue weighted by Crippen LogP contribution is -2.47. The van der Waals surface area contributed by atoms with Gasteiger partial charge in [-0.05, 0) is 37.1 Å². The van der Waals surface area contributed by atoms with Gasteiger partial charge in [0.05, 0.1) is 12.8 Å². The maximum Gasteiger partial charge on any atom is 0.142 e. The predicted molar refractivity (Wildman–Crippen MR) is 91.8 cm³/mol. The molecule has 0 unspecified atom stereocenters. The molecule has 22 heavy (non-hydrogen) atoms. The van der Waals surface area contributed by atoms with E-state index in [1.165, 1.54) is 18.5 Å². The van der Waals surface area contributed by atoms with E-state index in [1.54, 1.807) is 7.11 Å². The van der Waals surface area contributed by atoms with E-state index in [0.29, 0.717) is 6.04 Å². The Bertz CT molecular complexity index is 599. The zero-order valence-corrected chi connectivity index (χ0v) is 13.1. The Labute approximate surface area is 132 Å². The molecule has 3 rings (SSSR count). The highest BCUT2D eigenvalue weighted by atomic mass is 16.5. The molecule has 2 atom stereocenters. The van der Waals surface area contributed by atoms with Gasteiger partial charge < -0.3 is 15.4 Å². The van der Waals surface area contributed by atoms with E-state index in [1.807, 2.05) is 18.2 Å². The highest BCUT2D eigenvalue weighted by molar-refractivity contribution is 5.70. The monoisotopic (exact) mass is 296 g/mol. The Kier molecular flexibility index (Phi) is 4.64. The molecule has 0 radical (unpaired) electrons. The van der Waals surface area contributed by atoms with E-state index >= 15 is 0 Å². The summed E-state index contributed by atoms with van der Waals surface area (Å²) in [6.07, 6.45) is 4.67. The number of para-hydroxylation sites is 3. The molecule has 0 spiro atoms.